The SMILES string of the molecule is Cc1csc(N2CC(N3CCN(c4ncccn4)CC3)C2)n1. The number of nitrogens with zero attached hydrogens (tertiary/aromatic N) is 6. The molecule has 7 heteroatoms. The third-order valence-electron chi connectivity index (χ3n) is 4.41. The Morgan fingerprint density at radius 1 is 1.05 bits per heavy atom. The molecule has 0 radical (unpaired) electrons. The highest BCUT2D eigenvalue weighted by atomic mass is 32.1. The number of piperazine rings is 1. The third kappa shape index (κ3) is 2.66. The number of hydrogen-bond acceptors (Lipinski definition) is 7. The molecule has 22 heavy (non-hydrogen) atoms. The molecule has 2 fully saturated rings. The van der Waals surface area contributed by atoms with Crippen molar-refractivity contribution in [3.63, 3.8) is 0 Å². The molecule has 0 spiro atoms. The molecule has 0 atom stereocenters. The molecule has 116 valence electrons. The summed E-state index contributed by atoms with van der Waals surface area (Å²) in [5.74, 6) is 0.857. The van der Waals surface area contributed by atoms with Crippen LogP contribution in [0.5, 0.6) is 0 Å². The average Bonchev–Trinajstić information content (AvgIpc) is 2.94. The zero-order valence-electron chi connectivity index (χ0n) is 12.7. The Balaban J connectivity index is 1.29. The molecular weight excluding hydrogens is 296 g/mol. The third-order valence-corrected chi connectivity index (χ3v) is 5.42. The summed E-state index contributed by atoms with van der Waals surface area (Å²) in [7, 11) is 0. The van der Waals surface area contributed by atoms with Gasteiger partial charge in [-0.3, -0.25) is 4.90 Å². The van der Waals surface area contributed by atoms with Crippen molar-refractivity contribution in [1.82, 2.24) is 19.9 Å². The van der Waals surface area contributed by atoms with Gasteiger partial charge in [0.1, 0.15) is 0 Å². The minimum Gasteiger partial charge on any atom is -0.345 e. The lowest BCUT2D eigenvalue weighted by Crippen LogP contribution is -2.63. The van der Waals surface area contributed by atoms with Gasteiger partial charge >= 0.3 is 0 Å². The normalized spacial score (nSPS) is 20.2. The van der Waals surface area contributed by atoms with Crippen LogP contribution in [0.1, 0.15) is 5.69 Å². The standard InChI is InChI=1S/C15H20N6S/c1-12-11-22-15(18-12)21-9-13(10-21)19-5-7-20(8-6-19)14-16-3-2-4-17-14/h2-4,11,13H,5-10H2,1H3. The highest BCUT2D eigenvalue weighted by molar-refractivity contribution is 7.13. The van der Waals surface area contributed by atoms with Crippen LogP contribution >= 0.6 is 11.3 Å². The maximum absolute atomic E-state index is 4.57. The van der Waals surface area contributed by atoms with E-state index in [1.54, 1.807) is 11.3 Å². The summed E-state index contributed by atoms with van der Waals surface area (Å²) in [6, 6.07) is 2.53. The molecule has 0 bridgehead atoms. The van der Waals surface area contributed by atoms with E-state index in [0.29, 0.717) is 6.04 Å². The number of anilines is 2. The van der Waals surface area contributed by atoms with E-state index in [2.05, 4.69) is 42.0 Å². The fourth-order valence-corrected chi connectivity index (χ4v) is 3.89. The second-order valence-corrected chi connectivity index (χ2v) is 6.74. The molecule has 0 N–H and O–H groups in total. The van der Waals surface area contributed by atoms with Crippen molar-refractivity contribution in [2.75, 3.05) is 49.1 Å². The Morgan fingerprint density at radius 2 is 1.77 bits per heavy atom. The van der Waals surface area contributed by atoms with Gasteiger partial charge in [-0.25, -0.2) is 15.0 Å². The smallest absolute Gasteiger partial charge is 0.225 e. The Hall–Kier alpha value is -1.73. The largest absolute Gasteiger partial charge is 0.345 e. The van der Waals surface area contributed by atoms with Gasteiger partial charge in [0.15, 0.2) is 5.13 Å². The van der Waals surface area contributed by atoms with Gasteiger partial charge in [0.2, 0.25) is 5.95 Å². The molecular formula is C15H20N6S. The van der Waals surface area contributed by atoms with E-state index in [1.165, 1.54) is 5.13 Å². The molecule has 2 aromatic rings. The van der Waals surface area contributed by atoms with E-state index < -0.39 is 0 Å². The van der Waals surface area contributed by atoms with Crippen molar-refractivity contribution in [1.29, 1.82) is 0 Å². The molecule has 2 aromatic heterocycles. The first-order valence-corrected chi connectivity index (χ1v) is 8.60. The summed E-state index contributed by atoms with van der Waals surface area (Å²) in [6.07, 6.45) is 3.63. The van der Waals surface area contributed by atoms with Crippen LogP contribution in [0.2, 0.25) is 0 Å². The molecule has 0 aliphatic carbocycles. The lowest BCUT2D eigenvalue weighted by atomic mass is 10.1. The fraction of sp³-hybridized carbons (Fsp3) is 0.533. The van der Waals surface area contributed by atoms with Crippen LogP contribution in [0.4, 0.5) is 11.1 Å². The van der Waals surface area contributed by atoms with Gasteiger partial charge in [-0.2, -0.15) is 0 Å². The molecule has 4 heterocycles. The number of aryl methyl sites for hydroxylation is 1. The van der Waals surface area contributed by atoms with Gasteiger partial charge < -0.3 is 9.80 Å². The minimum atomic E-state index is 0.669. The summed E-state index contributed by atoms with van der Waals surface area (Å²) in [5, 5.41) is 3.30. The maximum Gasteiger partial charge on any atom is 0.225 e. The van der Waals surface area contributed by atoms with E-state index in [1.807, 2.05) is 18.5 Å². The van der Waals surface area contributed by atoms with Gasteiger partial charge in [0, 0.05) is 63.1 Å². The molecule has 2 aliphatic rings. The van der Waals surface area contributed by atoms with E-state index in [9.17, 15) is 0 Å². The van der Waals surface area contributed by atoms with Crippen LogP contribution < -0.4 is 9.80 Å². The van der Waals surface area contributed by atoms with Crippen molar-refractivity contribution in [3.05, 3.63) is 29.5 Å². The number of hydrogen-bond donors (Lipinski definition) is 0. The quantitative estimate of drug-likeness (QED) is 0.849. The summed E-state index contributed by atoms with van der Waals surface area (Å²) in [4.78, 5) is 20.5. The minimum absolute atomic E-state index is 0.669. The van der Waals surface area contributed by atoms with E-state index >= 15 is 0 Å². The Labute approximate surface area is 134 Å². The summed E-state index contributed by atoms with van der Waals surface area (Å²) < 4.78 is 0. The molecule has 2 saturated heterocycles. The Bertz CT molecular complexity index is 616. The number of thiazole rings is 1. The summed E-state index contributed by atoms with van der Waals surface area (Å²) >= 11 is 1.75. The van der Waals surface area contributed by atoms with E-state index in [0.717, 1.165) is 50.9 Å². The van der Waals surface area contributed by atoms with Gasteiger partial charge in [0.25, 0.3) is 0 Å². The maximum atomic E-state index is 4.57. The van der Waals surface area contributed by atoms with Crippen molar-refractivity contribution in [3.8, 4) is 0 Å². The van der Waals surface area contributed by atoms with E-state index in [4.69, 9.17) is 0 Å². The van der Waals surface area contributed by atoms with Crippen LogP contribution in [0.3, 0.4) is 0 Å². The van der Waals surface area contributed by atoms with Crippen LogP contribution in [0, 0.1) is 6.92 Å². The average molecular weight is 316 g/mol. The van der Waals surface area contributed by atoms with Crippen molar-refractivity contribution < 1.29 is 0 Å². The molecule has 4 rings (SSSR count). The topological polar surface area (TPSA) is 48.4 Å². The van der Waals surface area contributed by atoms with Crippen LogP contribution in [-0.2, 0) is 0 Å². The number of aromatic nitrogens is 3. The summed E-state index contributed by atoms with van der Waals surface area (Å²) in [6.45, 7) is 8.47. The second kappa shape index (κ2) is 5.81. The number of rotatable bonds is 3. The second-order valence-electron chi connectivity index (χ2n) is 5.90. The molecule has 0 saturated carbocycles. The first kappa shape index (κ1) is 13.9. The van der Waals surface area contributed by atoms with Crippen molar-refractivity contribution >= 4 is 22.4 Å². The zero-order valence-corrected chi connectivity index (χ0v) is 13.5. The highest BCUT2D eigenvalue weighted by Gasteiger charge is 2.34. The van der Waals surface area contributed by atoms with Crippen LogP contribution in [0.15, 0.2) is 23.8 Å². The zero-order chi connectivity index (χ0) is 14.9. The predicted molar refractivity (Wildman–Crippen MR) is 88.7 cm³/mol. The molecule has 2 aliphatic heterocycles. The molecule has 0 aromatic carbocycles. The molecule has 0 amide bonds. The summed E-state index contributed by atoms with van der Waals surface area (Å²) in [5.41, 5.74) is 1.12. The van der Waals surface area contributed by atoms with Gasteiger partial charge in [-0.15, -0.1) is 11.3 Å². The monoisotopic (exact) mass is 316 g/mol. The fourth-order valence-electron chi connectivity index (χ4n) is 3.07. The van der Waals surface area contributed by atoms with Crippen LogP contribution in [0.25, 0.3) is 0 Å². The Morgan fingerprint density at radius 3 is 2.41 bits per heavy atom. The predicted octanol–water partition coefficient (Wildman–Crippen LogP) is 1.25. The molecule has 6 nitrogen and oxygen atoms in total. The lowest BCUT2D eigenvalue weighted by Gasteiger charge is -2.48. The highest BCUT2D eigenvalue weighted by Crippen LogP contribution is 2.27. The lowest BCUT2D eigenvalue weighted by molar-refractivity contribution is 0.156. The Kier molecular flexibility index (Phi) is 3.67. The van der Waals surface area contributed by atoms with E-state index in [-0.39, 0.29) is 0 Å². The van der Waals surface area contributed by atoms with Crippen molar-refractivity contribution in [2.24, 2.45) is 0 Å². The van der Waals surface area contributed by atoms with Gasteiger partial charge in [-0.1, -0.05) is 0 Å². The van der Waals surface area contributed by atoms with Gasteiger partial charge in [-0.05, 0) is 13.0 Å². The van der Waals surface area contributed by atoms with Gasteiger partial charge in [0.05, 0.1) is 5.69 Å². The first-order valence-electron chi connectivity index (χ1n) is 7.73. The molecule has 0 unspecified atom stereocenters. The van der Waals surface area contributed by atoms with Crippen molar-refractivity contribution in [2.45, 2.75) is 13.0 Å². The first-order chi connectivity index (χ1) is 10.8. The van der Waals surface area contributed by atoms with Crippen LogP contribution in [-0.4, -0.2) is 65.2 Å².